The topological polar surface area (TPSA) is 61.8 Å². The molecule has 1 aliphatic rings. The van der Waals surface area contributed by atoms with Gasteiger partial charge in [0.05, 0.1) is 26.2 Å². The lowest BCUT2D eigenvalue weighted by atomic mass is 9.92. The van der Waals surface area contributed by atoms with Crippen molar-refractivity contribution < 1.29 is 23.8 Å². The predicted octanol–water partition coefficient (Wildman–Crippen LogP) is 2.61. The second-order valence-corrected chi connectivity index (χ2v) is 5.66. The van der Waals surface area contributed by atoms with Crippen LogP contribution in [0.2, 0.25) is 0 Å². The molecule has 0 saturated heterocycles. The number of benzene rings is 1. The Kier molecular flexibility index (Phi) is 6.07. The molecule has 5 nitrogen and oxygen atoms in total. The maximum Gasteiger partial charge on any atom is 0.313 e. The van der Waals surface area contributed by atoms with Gasteiger partial charge < -0.3 is 14.2 Å². The van der Waals surface area contributed by atoms with Gasteiger partial charge in [0.2, 0.25) is 0 Å². The van der Waals surface area contributed by atoms with Gasteiger partial charge in [0.25, 0.3) is 0 Å². The van der Waals surface area contributed by atoms with Gasteiger partial charge in [0.15, 0.2) is 12.1 Å². The molecule has 5 heteroatoms. The number of Topliss-reactive ketones (excluding diaryl/α,β-unsaturated/α-hetero) is 1. The van der Waals surface area contributed by atoms with E-state index in [-0.39, 0.29) is 12.2 Å². The minimum atomic E-state index is -0.720. The highest BCUT2D eigenvalue weighted by atomic mass is 16.7. The smallest absolute Gasteiger partial charge is 0.313 e. The van der Waals surface area contributed by atoms with Crippen LogP contribution in [0.4, 0.5) is 0 Å². The molecule has 0 bridgehead atoms. The zero-order chi connectivity index (χ0) is 16.8. The Morgan fingerprint density at radius 1 is 1.13 bits per heavy atom. The van der Waals surface area contributed by atoms with Gasteiger partial charge in [-0.15, -0.1) is 0 Å². The van der Waals surface area contributed by atoms with Crippen LogP contribution in [0.3, 0.4) is 0 Å². The van der Waals surface area contributed by atoms with Crippen LogP contribution in [-0.4, -0.2) is 38.4 Å². The second-order valence-electron chi connectivity index (χ2n) is 5.66. The Labute approximate surface area is 136 Å². The zero-order valence-corrected chi connectivity index (χ0v) is 13.7. The molecule has 1 unspecified atom stereocenters. The van der Waals surface area contributed by atoms with E-state index in [9.17, 15) is 9.59 Å². The number of carbonyl (C=O) groups excluding carboxylic acids is 2. The van der Waals surface area contributed by atoms with Crippen molar-refractivity contribution >= 4 is 11.8 Å². The summed E-state index contributed by atoms with van der Waals surface area (Å²) in [7, 11) is 1.27. The third kappa shape index (κ3) is 4.50. The Morgan fingerprint density at radius 3 is 2.22 bits per heavy atom. The van der Waals surface area contributed by atoms with Crippen LogP contribution >= 0.6 is 0 Å². The van der Waals surface area contributed by atoms with Crippen molar-refractivity contribution in [2.75, 3.05) is 20.3 Å². The van der Waals surface area contributed by atoms with Gasteiger partial charge in [-0.25, -0.2) is 0 Å². The maximum atomic E-state index is 12.6. The van der Waals surface area contributed by atoms with E-state index in [1.807, 2.05) is 44.2 Å². The average Bonchev–Trinajstić information content (AvgIpc) is 2.72. The predicted molar refractivity (Wildman–Crippen MR) is 84.9 cm³/mol. The molecule has 0 amide bonds. The number of esters is 1. The summed E-state index contributed by atoms with van der Waals surface area (Å²) in [5.74, 6) is -1.49. The summed E-state index contributed by atoms with van der Waals surface area (Å²) >= 11 is 0. The van der Waals surface area contributed by atoms with Gasteiger partial charge in [-0.1, -0.05) is 30.3 Å². The van der Waals surface area contributed by atoms with Gasteiger partial charge in [0, 0.05) is 0 Å². The normalized spacial score (nSPS) is 17.5. The quantitative estimate of drug-likeness (QED) is 0.474. The third-order valence-corrected chi connectivity index (χ3v) is 3.98. The zero-order valence-electron chi connectivity index (χ0n) is 13.7. The highest BCUT2D eigenvalue weighted by molar-refractivity contribution is 5.99. The molecular formula is C18H22O5. The molecule has 0 fully saturated rings. The van der Waals surface area contributed by atoms with Crippen LogP contribution in [0.25, 0.3) is 0 Å². The van der Waals surface area contributed by atoms with Crippen LogP contribution in [0.1, 0.15) is 31.7 Å². The Hall–Kier alpha value is -1.98. The minimum absolute atomic E-state index is 0.273. The summed E-state index contributed by atoms with van der Waals surface area (Å²) in [6.45, 7) is 4.78. The molecule has 0 radical (unpaired) electrons. The van der Waals surface area contributed by atoms with E-state index < -0.39 is 18.2 Å². The molecule has 0 aliphatic carbocycles. The van der Waals surface area contributed by atoms with Gasteiger partial charge in [0.1, 0.15) is 6.42 Å². The molecule has 1 aromatic carbocycles. The molecule has 1 heterocycles. The third-order valence-electron chi connectivity index (χ3n) is 3.98. The van der Waals surface area contributed by atoms with Crippen LogP contribution in [0.5, 0.6) is 0 Å². The van der Waals surface area contributed by atoms with E-state index in [2.05, 4.69) is 4.74 Å². The molecular weight excluding hydrogens is 296 g/mol. The van der Waals surface area contributed by atoms with Crippen molar-refractivity contribution in [1.82, 2.24) is 0 Å². The monoisotopic (exact) mass is 318 g/mol. The Balaban J connectivity index is 2.24. The van der Waals surface area contributed by atoms with E-state index >= 15 is 0 Å². The Bertz CT molecular complexity index is 575. The maximum absolute atomic E-state index is 12.6. The number of methoxy groups -OCH3 is 1. The van der Waals surface area contributed by atoms with Crippen molar-refractivity contribution in [3.05, 3.63) is 47.0 Å². The fraction of sp³-hybridized carbons (Fsp3) is 0.444. The van der Waals surface area contributed by atoms with Crippen LogP contribution < -0.4 is 0 Å². The number of carbonyl (C=O) groups is 2. The fourth-order valence-electron chi connectivity index (χ4n) is 2.38. The van der Waals surface area contributed by atoms with E-state index in [1.54, 1.807) is 0 Å². The van der Waals surface area contributed by atoms with Crippen molar-refractivity contribution in [3.63, 3.8) is 0 Å². The Morgan fingerprint density at radius 2 is 1.70 bits per heavy atom. The standard InChI is InChI=1S/C18H22O5/c1-12-10-22-18(23-11-13(12)2)17(14-7-5-4-6-8-14)15(19)9-16(20)21-3/h4-8,17-18H,9-11H2,1-3H3. The molecule has 2 rings (SSSR count). The van der Waals surface area contributed by atoms with Crippen molar-refractivity contribution in [2.45, 2.75) is 32.5 Å². The first kappa shape index (κ1) is 17.4. The summed E-state index contributed by atoms with van der Waals surface area (Å²) < 4.78 is 16.2. The SMILES string of the molecule is COC(=O)CC(=O)C(c1ccccc1)C1OCC(C)=C(C)CO1. The van der Waals surface area contributed by atoms with Crippen LogP contribution in [-0.2, 0) is 23.8 Å². The first-order valence-electron chi connectivity index (χ1n) is 7.55. The number of hydrogen-bond donors (Lipinski definition) is 0. The van der Waals surface area contributed by atoms with E-state index in [0.717, 1.165) is 16.7 Å². The van der Waals surface area contributed by atoms with Gasteiger partial charge >= 0.3 is 5.97 Å². The first-order chi connectivity index (χ1) is 11.0. The number of ketones is 1. The summed E-state index contributed by atoms with van der Waals surface area (Å²) in [6, 6.07) is 9.24. The van der Waals surface area contributed by atoms with E-state index in [4.69, 9.17) is 9.47 Å². The lowest BCUT2D eigenvalue weighted by molar-refractivity contribution is -0.157. The molecule has 0 saturated carbocycles. The number of ether oxygens (including phenoxy) is 3. The van der Waals surface area contributed by atoms with Gasteiger partial charge in [-0.05, 0) is 30.6 Å². The molecule has 1 aliphatic heterocycles. The van der Waals surface area contributed by atoms with Crippen molar-refractivity contribution in [3.8, 4) is 0 Å². The minimum Gasteiger partial charge on any atom is -0.469 e. The van der Waals surface area contributed by atoms with Gasteiger partial charge in [-0.3, -0.25) is 9.59 Å². The average molecular weight is 318 g/mol. The van der Waals surface area contributed by atoms with Crippen molar-refractivity contribution in [2.24, 2.45) is 0 Å². The molecule has 0 N–H and O–H groups in total. The van der Waals surface area contributed by atoms with Crippen LogP contribution in [0, 0.1) is 0 Å². The summed E-state index contributed by atoms with van der Waals surface area (Å²) in [5.41, 5.74) is 2.96. The lowest BCUT2D eigenvalue weighted by Crippen LogP contribution is -2.32. The summed E-state index contributed by atoms with van der Waals surface area (Å²) in [4.78, 5) is 24.1. The van der Waals surface area contributed by atoms with Gasteiger partial charge in [-0.2, -0.15) is 0 Å². The number of hydrogen-bond acceptors (Lipinski definition) is 5. The molecule has 1 aromatic rings. The largest absolute Gasteiger partial charge is 0.469 e. The summed E-state index contributed by atoms with van der Waals surface area (Å²) in [5, 5.41) is 0. The molecule has 124 valence electrons. The van der Waals surface area contributed by atoms with E-state index in [1.165, 1.54) is 7.11 Å². The first-order valence-corrected chi connectivity index (χ1v) is 7.55. The second kappa shape index (κ2) is 8.04. The van der Waals surface area contributed by atoms with Crippen molar-refractivity contribution in [1.29, 1.82) is 0 Å². The highest BCUT2D eigenvalue weighted by Crippen LogP contribution is 2.28. The molecule has 0 spiro atoms. The van der Waals surface area contributed by atoms with E-state index in [0.29, 0.717) is 13.2 Å². The molecule has 1 atom stereocenters. The summed E-state index contributed by atoms with van der Waals surface area (Å²) in [6.07, 6.45) is -1.02. The highest BCUT2D eigenvalue weighted by Gasteiger charge is 2.33. The lowest BCUT2D eigenvalue weighted by Gasteiger charge is -2.25. The van der Waals surface area contributed by atoms with Crippen LogP contribution in [0.15, 0.2) is 41.5 Å². The molecule has 23 heavy (non-hydrogen) atoms. The molecule has 0 aromatic heterocycles. The fourth-order valence-corrected chi connectivity index (χ4v) is 2.38. The number of rotatable bonds is 5.